The highest BCUT2D eigenvalue weighted by molar-refractivity contribution is 5.81. The van der Waals surface area contributed by atoms with Gasteiger partial charge in [0.05, 0.1) is 23.6 Å². The number of hydrogen-bond acceptors (Lipinski definition) is 5. The Hall–Kier alpha value is -2.25. The van der Waals surface area contributed by atoms with Crippen molar-refractivity contribution in [3.63, 3.8) is 0 Å². The minimum atomic E-state index is -0.469. The Morgan fingerprint density at radius 2 is 2.16 bits per heavy atom. The van der Waals surface area contributed by atoms with Crippen LogP contribution < -0.4 is 11.3 Å². The van der Waals surface area contributed by atoms with E-state index in [0.29, 0.717) is 29.7 Å². The lowest BCUT2D eigenvalue weighted by atomic mass is 10.1. The average Bonchev–Trinajstić information content (AvgIpc) is 3.08. The summed E-state index contributed by atoms with van der Waals surface area (Å²) in [5, 5.41) is 0.540. The molecule has 0 spiro atoms. The summed E-state index contributed by atoms with van der Waals surface area (Å²) >= 11 is 0. The van der Waals surface area contributed by atoms with Gasteiger partial charge in [-0.15, -0.1) is 0 Å². The van der Waals surface area contributed by atoms with Gasteiger partial charge in [0.1, 0.15) is 11.9 Å². The van der Waals surface area contributed by atoms with Gasteiger partial charge >= 0.3 is 0 Å². The first-order valence-electron chi connectivity index (χ1n) is 8.63. The average molecular weight is 344 g/mol. The Labute approximate surface area is 146 Å². The van der Waals surface area contributed by atoms with Crippen LogP contribution in [0.2, 0.25) is 0 Å². The fourth-order valence-corrected chi connectivity index (χ4v) is 3.13. The third-order valence-corrected chi connectivity index (χ3v) is 4.53. The molecule has 1 amide bonds. The summed E-state index contributed by atoms with van der Waals surface area (Å²) in [5.74, 6) is 0.390. The zero-order chi connectivity index (χ0) is 18.0. The van der Waals surface area contributed by atoms with Crippen molar-refractivity contribution < 1.29 is 9.53 Å². The summed E-state index contributed by atoms with van der Waals surface area (Å²) < 4.78 is 5.73. The molecule has 0 unspecified atom stereocenters. The largest absolute Gasteiger partial charge is 0.364 e. The predicted octanol–water partition coefficient (Wildman–Crippen LogP) is 1.17. The summed E-state index contributed by atoms with van der Waals surface area (Å²) in [6, 6.07) is 7.12. The van der Waals surface area contributed by atoms with E-state index in [2.05, 4.69) is 9.97 Å². The predicted molar refractivity (Wildman–Crippen MR) is 95.0 cm³/mol. The Balaban J connectivity index is 1.83. The molecule has 1 aromatic carbocycles. The van der Waals surface area contributed by atoms with E-state index in [1.807, 2.05) is 19.9 Å². The number of carbonyl (C=O) groups is 1. The van der Waals surface area contributed by atoms with Crippen LogP contribution in [0.1, 0.15) is 32.5 Å². The van der Waals surface area contributed by atoms with Crippen molar-refractivity contribution in [2.24, 2.45) is 5.73 Å². The molecule has 134 valence electrons. The first-order chi connectivity index (χ1) is 12.0. The van der Waals surface area contributed by atoms with Crippen LogP contribution in [0.25, 0.3) is 10.9 Å². The van der Waals surface area contributed by atoms with Gasteiger partial charge in [0.25, 0.3) is 11.5 Å². The molecule has 3 N–H and O–H groups in total. The number of carbonyl (C=O) groups excluding carboxylic acids is 1. The second-order valence-electron chi connectivity index (χ2n) is 6.65. The molecule has 1 aromatic heterocycles. The Kier molecular flexibility index (Phi) is 5.15. The van der Waals surface area contributed by atoms with E-state index in [-0.39, 0.29) is 30.2 Å². The van der Waals surface area contributed by atoms with Gasteiger partial charge in [-0.05, 0) is 38.8 Å². The fourth-order valence-electron chi connectivity index (χ4n) is 3.13. The Morgan fingerprint density at radius 1 is 1.40 bits per heavy atom. The molecular formula is C18H24N4O3. The lowest BCUT2D eigenvalue weighted by Crippen LogP contribution is -2.43. The van der Waals surface area contributed by atoms with E-state index in [9.17, 15) is 9.59 Å². The molecule has 25 heavy (non-hydrogen) atoms. The molecule has 0 bridgehead atoms. The van der Waals surface area contributed by atoms with Crippen molar-refractivity contribution >= 4 is 16.8 Å². The number of H-pyrrole nitrogens is 1. The topological polar surface area (TPSA) is 101 Å². The minimum Gasteiger partial charge on any atom is -0.364 e. The van der Waals surface area contributed by atoms with E-state index in [4.69, 9.17) is 10.5 Å². The maximum Gasteiger partial charge on any atom is 0.258 e. The number of nitrogens with zero attached hydrogens (tertiary/aromatic N) is 2. The zero-order valence-electron chi connectivity index (χ0n) is 14.6. The highest BCUT2D eigenvalue weighted by Gasteiger charge is 2.34. The molecule has 7 nitrogen and oxygen atoms in total. The molecule has 1 aliphatic heterocycles. The highest BCUT2D eigenvalue weighted by atomic mass is 16.5. The van der Waals surface area contributed by atoms with E-state index in [0.717, 1.165) is 6.42 Å². The molecule has 0 aliphatic carbocycles. The van der Waals surface area contributed by atoms with Crippen LogP contribution in [-0.4, -0.2) is 45.6 Å². The van der Waals surface area contributed by atoms with Gasteiger partial charge < -0.3 is 20.4 Å². The molecule has 0 radical (unpaired) electrons. The molecule has 2 atom stereocenters. The molecule has 0 saturated carbocycles. The fraction of sp³-hybridized carbons (Fsp3) is 0.500. The number of aromatic amines is 1. The first kappa shape index (κ1) is 17.6. The number of fused-ring (bicyclic) bond motifs is 1. The highest BCUT2D eigenvalue weighted by Crippen LogP contribution is 2.22. The molecular weight excluding hydrogens is 320 g/mol. The van der Waals surface area contributed by atoms with Gasteiger partial charge in [0.15, 0.2) is 0 Å². The third kappa shape index (κ3) is 3.72. The van der Waals surface area contributed by atoms with Crippen molar-refractivity contribution in [2.45, 2.75) is 51.5 Å². The van der Waals surface area contributed by atoms with Crippen LogP contribution in [-0.2, 0) is 16.1 Å². The monoisotopic (exact) mass is 344 g/mol. The number of rotatable bonds is 5. The summed E-state index contributed by atoms with van der Waals surface area (Å²) in [6.45, 7) is 4.54. The number of aromatic nitrogens is 2. The number of amides is 1. The van der Waals surface area contributed by atoms with Crippen LogP contribution in [0, 0.1) is 0 Å². The van der Waals surface area contributed by atoms with E-state index >= 15 is 0 Å². The molecule has 1 aliphatic rings. The first-order valence-corrected chi connectivity index (χ1v) is 8.63. The number of ether oxygens (including phenoxy) is 1. The molecule has 3 rings (SSSR count). The van der Waals surface area contributed by atoms with Crippen molar-refractivity contribution in [3.05, 3.63) is 40.4 Å². The zero-order valence-corrected chi connectivity index (χ0v) is 14.6. The number of para-hydroxylation sites is 1. The maximum absolute atomic E-state index is 12.8. The second kappa shape index (κ2) is 7.33. The Morgan fingerprint density at radius 3 is 2.84 bits per heavy atom. The minimum absolute atomic E-state index is 0.0372. The van der Waals surface area contributed by atoms with Crippen LogP contribution in [0.5, 0.6) is 0 Å². The summed E-state index contributed by atoms with van der Waals surface area (Å²) in [7, 11) is 0. The molecule has 1 saturated heterocycles. The van der Waals surface area contributed by atoms with Crippen LogP contribution in [0.3, 0.4) is 0 Å². The second-order valence-corrected chi connectivity index (χ2v) is 6.65. The molecule has 2 heterocycles. The number of benzene rings is 1. The normalized spacial score (nSPS) is 20.3. The number of nitrogens with one attached hydrogen (secondary N) is 1. The SMILES string of the molecule is CC(C)N(Cc1nc2ccccc2c(=O)[nH]1)C(=O)[C@@H]1CC[C@H](CN)O1. The maximum atomic E-state index is 12.8. The van der Waals surface area contributed by atoms with Crippen molar-refractivity contribution in [3.8, 4) is 0 Å². The number of nitrogens with two attached hydrogens (primary N) is 1. The van der Waals surface area contributed by atoms with E-state index in [1.54, 1.807) is 23.1 Å². The summed E-state index contributed by atoms with van der Waals surface area (Å²) in [6.07, 6.45) is 0.944. The van der Waals surface area contributed by atoms with Gasteiger partial charge in [-0.3, -0.25) is 9.59 Å². The van der Waals surface area contributed by atoms with E-state index in [1.165, 1.54) is 0 Å². The Bertz CT molecular complexity index is 817. The number of hydrogen-bond donors (Lipinski definition) is 2. The standard InChI is InChI=1S/C18H24N4O3/c1-11(2)22(18(24)15-8-7-12(9-19)25-15)10-16-20-14-6-4-3-5-13(14)17(23)21-16/h3-6,11-12,15H,7-10,19H2,1-2H3,(H,20,21,23)/t12-,15+/m1/s1. The lowest BCUT2D eigenvalue weighted by Gasteiger charge is -2.28. The van der Waals surface area contributed by atoms with Gasteiger partial charge in [0, 0.05) is 12.6 Å². The lowest BCUT2D eigenvalue weighted by molar-refractivity contribution is -0.145. The quantitative estimate of drug-likeness (QED) is 0.848. The molecule has 7 heteroatoms. The third-order valence-electron chi connectivity index (χ3n) is 4.53. The molecule has 2 aromatic rings. The van der Waals surface area contributed by atoms with Gasteiger partial charge in [-0.25, -0.2) is 4.98 Å². The van der Waals surface area contributed by atoms with Crippen LogP contribution in [0.15, 0.2) is 29.1 Å². The van der Waals surface area contributed by atoms with Crippen molar-refractivity contribution in [1.82, 2.24) is 14.9 Å². The van der Waals surface area contributed by atoms with Gasteiger partial charge in [-0.2, -0.15) is 0 Å². The smallest absolute Gasteiger partial charge is 0.258 e. The summed E-state index contributed by atoms with van der Waals surface area (Å²) in [5.41, 5.74) is 6.05. The van der Waals surface area contributed by atoms with Crippen molar-refractivity contribution in [1.29, 1.82) is 0 Å². The van der Waals surface area contributed by atoms with Crippen LogP contribution >= 0.6 is 0 Å². The molecule has 1 fully saturated rings. The van der Waals surface area contributed by atoms with E-state index < -0.39 is 6.10 Å². The van der Waals surface area contributed by atoms with Crippen molar-refractivity contribution in [2.75, 3.05) is 6.54 Å². The van der Waals surface area contributed by atoms with Gasteiger partial charge in [0.2, 0.25) is 0 Å². The van der Waals surface area contributed by atoms with Crippen LogP contribution in [0.4, 0.5) is 0 Å². The summed E-state index contributed by atoms with van der Waals surface area (Å²) in [4.78, 5) is 34.0. The van der Waals surface area contributed by atoms with Gasteiger partial charge in [-0.1, -0.05) is 12.1 Å².